The predicted octanol–water partition coefficient (Wildman–Crippen LogP) is 3.68. The average molecular weight is 390 g/mol. The number of nitrogens with zero attached hydrogens (tertiary/aromatic N) is 3. The molecule has 140 valence electrons. The molecule has 0 spiro atoms. The predicted molar refractivity (Wildman–Crippen MR) is 98.5 cm³/mol. The topological polar surface area (TPSA) is 80.0 Å². The van der Waals surface area contributed by atoms with Crippen molar-refractivity contribution in [3.05, 3.63) is 54.1 Å². The SMILES string of the molecule is CCn1c(SCC(=O)Nc2ccc(F)cc2F)nnc1-c1ccccc1O. The molecule has 0 radical (unpaired) electrons. The molecule has 9 heteroatoms. The van der Waals surface area contributed by atoms with E-state index in [1.54, 1.807) is 28.8 Å². The molecule has 3 rings (SSSR count). The van der Waals surface area contributed by atoms with Gasteiger partial charge >= 0.3 is 0 Å². The Hall–Kier alpha value is -2.94. The summed E-state index contributed by atoms with van der Waals surface area (Å²) in [7, 11) is 0. The molecule has 1 aromatic heterocycles. The van der Waals surface area contributed by atoms with Gasteiger partial charge in [-0.25, -0.2) is 8.78 Å². The van der Waals surface area contributed by atoms with Crippen LogP contribution in [-0.4, -0.2) is 31.5 Å². The number of carbonyl (C=O) groups excluding carboxylic acids is 1. The lowest BCUT2D eigenvalue weighted by molar-refractivity contribution is -0.113. The van der Waals surface area contributed by atoms with E-state index in [9.17, 15) is 18.7 Å². The van der Waals surface area contributed by atoms with E-state index in [0.717, 1.165) is 23.9 Å². The summed E-state index contributed by atoms with van der Waals surface area (Å²) in [6.07, 6.45) is 0. The number of thioether (sulfide) groups is 1. The summed E-state index contributed by atoms with van der Waals surface area (Å²) in [5.41, 5.74) is 0.449. The molecule has 1 amide bonds. The Kier molecular flexibility index (Phi) is 5.70. The highest BCUT2D eigenvalue weighted by Crippen LogP contribution is 2.30. The minimum Gasteiger partial charge on any atom is -0.507 e. The fourth-order valence-corrected chi connectivity index (χ4v) is 3.25. The standard InChI is InChI=1S/C18H16F2N4O2S/c1-2-24-17(12-5-3-4-6-15(12)25)22-23-18(24)27-10-16(26)21-14-8-7-11(19)9-13(14)20/h3-9,25H,2,10H2,1H3,(H,21,26). The van der Waals surface area contributed by atoms with Gasteiger partial charge in [0.2, 0.25) is 5.91 Å². The summed E-state index contributed by atoms with van der Waals surface area (Å²) in [6, 6.07) is 9.71. The van der Waals surface area contributed by atoms with Crippen molar-refractivity contribution in [2.45, 2.75) is 18.6 Å². The van der Waals surface area contributed by atoms with E-state index >= 15 is 0 Å². The van der Waals surface area contributed by atoms with Crippen LogP contribution < -0.4 is 5.32 Å². The Bertz CT molecular complexity index is 978. The summed E-state index contributed by atoms with van der Waals surface area (Å²) < 4.78 is 28.3. The highest BCUT2D eigenvalue weighted by atomic mass is 32.2. The first kappa shape index (κ1) is 18.8. The Morgan fingerprint density at radius 2 is 2.00 bits per heavy atom. The van der Waals surface area contributed by atoms with Crippen LogP contribution in [0.1, 0.15) is 6.92 Å². The van der Waals surface area contributed by atoms with Crippen molar-refractivity contribution in [2.75, 3.05) is 11.1 Å². The number of nitrogens with one attached hydrogen (secondary N) is 1. The number of carbonyl (C=O) groups is 1. The Morgan fingerprint density at radius 3 is 2.70 bits per heavy atom. The summed E-state index contributed by atoms with van der Waals surface area (Å²) in [6.45, 7) is 2.43. The summed E-state index contributed by atoms with van der Waals surface area (Å²) in [5, 5.41) is 21.1. The lowest BCUT2D eigenvalue weighted by Gasteiger charge is -2.09. The molecular weight excluding hydrogens is 374 g/mol. The summed E-state index contributed by atoms with van der Waals surface area (Å²) in [4.78, 5) is 12.1. The highest BCUT2D eigenvalue weighted by molar-refractivity contribution is 7.99. The van der Waals surface area contributed by atoms with E-state index < -0.39 is 17.5 Å². The molecular formula is C18H16F2N4O2S. The zero-order valence-electron chi connectivity index (χ0n) is 14.3. The van der Waals surface area contributed by atoms with E-state index in [1.165, 1.54) is 0 Å². The van der Waals surface area contributed by atoms with Gasteiger partial charge in [0.05, 0.1) is 17.0 Å². The highest BCUT2D eigenvalue weighted by Gasteiger charge is 2.17. The zero-order valence-corrected chi connectivity index (χ0v) is 15.1. The van der Waals surface area contributed by atoms with Crippen molar-refractivity contribution in [1.82, 2.24) is 14.8 Å². The van der Waals surface area contributed by atoms with Gasteiger partial charge in [-0.2, -0.15) is 0 Å². The van der Waals surface area contributed by atoms with Gasteiger partial charge in [-0.15, -0.1) is 10.2 Å². The van der Waals surface area contributed by atoms with Crippen molar-refractivity contribution in [3.63, 3.8) is 0 Å². The largest absolute Gasteiger partial charge is 0.507 e. The zero-order chi connectivity index (χ0) is 19.4. The molecule has 0 saturated carbocycles. The van der Waals surface area contributed by atoms with Gasteiger partial charge in [0, 0.05) is 12.6 Å². The molecule has 0 fully saturated rings. The number of rotatable bonds is 6. The first-order chi connectivity index (χ1) is 13.0. The lowest BCUT2D eigenvalue weighted by Crippen LogP contribution is -2.15. The van der Waals surface area contributed by atoms with Crippen molar-refractivity contribution >= 4 is 23.4 Å². The smallest absolute Gasteiger partial charge is 0.234 e. The van der Waals surface area contributed by atoms with Crippen molar-refractivity contribution in [3.8, 4) is 17.1 Å². The van der Waals surface area contributed by atoms with Gasteiger partial charge in [-0.1, -0.05) is 23.9 Å². The maximum atomic E-state index is 13.6. The summed E-state index contributed by atoms with van der Waals surface area (Å²) in [5.74, 6) is -1.47. The number of aromatic nitrogens is 3. The van der Waals surface area contributed by atoms with Crippen LogP contribution in [0.5, 0.6) is 5.75 Å². The van der Waals surface area contributed by atoms with Crippen molar-refractivity contribution < 1.29 is 18.7 Å². The number of halogens is 2. The second-order valence-electron chi connectivity index (χ2n) is 5.53. The number of hydrogen-bond acceptors (Lipinski definition) is 5. The third-order valence-electron chi connectivity index (χ3n) is 3.72. The molecule has 3 aromatic rings. The van der Waals surface area contributed by atoms with Crippen LogP contribution in [-0.2, 0) is 11.3 Å². The Labute approximate surface area is 158 Å². The molecule has 6 nitrogen and oxygen atoms in total. The molecule has 0 bridgehead atoms. The number of para-hydroxylation sites is 1. The number of benzene rings is 2. The quantitative estimate of drug-likeness (QED) is 0.628. The number of phenolic OH excluding ortho intramolecular Hbond substituents is 1. The van der Waals surface area contributed by atoms with Gasteiger partial charge in [0.25, 0.3) is 0 Å². The second kappa shape index (κ2) is 8.17. The van der Waals surface area contributed by atoms with Gasteiger partial charge in [0.1, 0.15) is 17.4 Å². The number of hydrogen-bond donors (Lipinski definition) is 2. The van der Waals surface area contributed by atoms with Crippen LogP contribution in [0, 0.1) is 11.6 Å². The van der Waals surface area contributed by atoms with Crippen LogP contribution in [0.4, 0.5) is 14.5 Å². The van der Waals surface area contributed by atoms with Crippen LogP contribution in [0.3, 0.4) is 0 Å². The number of phenols is 1. The van der Waals surface area contributed by atoms with E-state index in [2.05, 4.69) is 15.5 Å². The van der Waals surface area contributed by atoms with Crippen LogP contribution in [0.15, 0.2) is 47.6 Å². The van der Waals surface area contributed by atoms with Gasteiger partial charge in [-0.05, 0) is 31.2 Å². The molecule has 2 N–H and O–H groups in total. The summed E-state index contributed by atoms with van der Waals surface area (Å²) >= 11 is 1.13. The monoisotopic (exact) mass is 390 g/mol. The first-order valence-electron chi connectivity index (χ1n) is 8.09. The van der Waals surface area contributed by atoms with Gasteiger partial charge < -0.3 is 15.0 Å². The maximum absolute atomic E-state index is 13.6. The number of aromatic hydroxyl groups is 1. The maximum Gasteiger partial charge on any atom is 0.234 e. The Morgan fingerprint density at radius 1 is 1.22 bits per heavy atom. The van der Waals surface area contributed by atoms with Gasteiger partial charge in [-0.3, -0.25) is 4.79 Å². The number of anilines is 1. The number of amides is 1. The minimum atomic E-state index is -0.841. The molecule has 0 atom stereocenters. The van der Waals surface area contributed by atoms with E-state index in [4.69, 9.17) is 0 Å². The third kappa shape index (κ3) is 4.25. The third-order valence-corrected chi connectivity index (χ3v) is 4.68. The van der Waals surface area contributed by atoms with E-state index in [0.29, 0.717) is 29.2 Å². The molecule has 1 heterocycles. The lowest BCUT2D eigenvalue weighted by atomic mass is 10.2. The fraction of sp³-hybridized carbons (Fsp3) is 0.167. The average Bonchev–Trinajstić information content (AvgIpc) is 3.05. The second-order valence-corrected chi connectivity index (χ2v) is 6.47. The minimum absolute atomic E-state index is 0.0320. The normalized spacial score (nSPS) is 10.8. The van der Waals surface area contributed by atoms with E-state index in [-0.39, 0.29) is 17.2 Å². The van der Waals surface area contributed by atoms with Crippen LogP contribution in [0.2, 0.25) is 0 Å². The van der Waals surface area contributed by atoms with Crippen molar-refractivity contribution in [1.29, 1.82) is 0 Å². The first-order valence-corrected chi connectivity index (χ1v) is 9.07. The molecule has 2 aromatic carbocycles. The molecule has 0 saturated heterocycles. The van der Waals surface area contributed by atoms with Crippen LogP contribution in [0.25, 0.3) is 11.4 Å². The molecule has 0 aliphatic heterocycles. The molecule has 0 aliphatic carbocycles. The molecule has 0 unspecified atom stereocenters. The molecule has 27 heavy (non-hydrogen) atoms. The fourth-order valence-electron chi connectivity index (χ4n) is 2.45. The van der Waals surface area contributed by atoms with Crippen molar-refractivity contribution in [2.24, 2.45) is 0 Å². The van der Waals surface area contributed by atoms with E-state index in [1.807, 2.05) is 6.92 Å². The van der Waals surface area contributed by atoms with Gasteiger partial charge in [0.15, 0.2) is 11.0 Å². The van der Waals surface area contributed by atoms with Crippen LogP contribution >= 0.6 is 11.8 Å². The molecule has 0 aliphatic rings. The Balaban J connectivity index is 1.71.